The fourth-order valence-electron chi connectivity index (χ4n) is 4.71. The molecule has 0 bridgehead atoms. The van der Waals surface area contributed by atoms with Crippen LogP contribution in [0.25, 0.3) is 16.7 Å². The quantitative estimate of drug-likeness (QED) is 0.534. The molecule has 2 amide bonds. The fraction of sp³-hybridized carbons (Fsp3) is 0.560. The van der Waals surface area contributed by atoms with Crippen LogP contribution >= 0.6 is 0 Å². The van der Waals surface area contributed by atoms with Crippen LogP contribution in [-0.4, -0.2) is 42.6 Å². The van der Waals surface area contributed by atoms with E-state index in [4.69, 9.17) is 0 Å². The molecule has 0 atom stereocenters. The van der Waals surface area contributed by atoms with E-state index in [9.17, 15) is 19.2 Å². The Morgan fingerprint density at radius 3 is 2.46 bits per heavy atom. The molecule has 35 heavy (non-hydrogen) atoms. The Morgan fingerprint density at radius 1 is 1.09 bits per heavy atom. The summed E-state index contributed by atoms with van der Waals surface area (Å²) in [6.07, 6.45) is 5.28. The molecule has 0 radical (unpaired) electrons. The number of benzene rings is 1. The summed E-state index contributed by atoms with van der Waals surface area (Å²) < 4.78 is 3.86. The molecule has 2 N–H and O–H groups in total. The number of amides is 2. The van der Waals surface area contributed by atoms with Crippen LogP contribution in [0.1, 0.15) is 70.2 Å². The van der Waals surface area contributed by atoms with E-state index in [0.717, 1.165) is 30.4 Å². The van der Waals surface area contributed by atoms with E-state index in [1.54, 1.807) is 18.2 Å². The standard InChI is InChI=1S/C25H34N6O4/c1-15(2)13-29-23(34)19-11-10-17(22(33)27-18-8-6-5-7-9-18)12-20(19)31-24(29)28-30(25(31)35)14-21(32)26-16(3)4/h10-12,15-16,18H,5-9,13-14H2,1-4H3,(H,26,32)(H,27,33). The Bertz CT molecular complexity index is 1370. The van der Waals surface area contributed by atoms with Crippen molar-refractivity contribution in [2.24, 2.45) is 5.92 Å². The molecule has 1 aliphatic rings. The van der Waals surface area contributed by atoms with Crippen LogP contribution in [0.2, 0.25) is 0 Å². The molecule has 1 saturated carbocycles. The molecule has 1 fully saturated rings. The van der Waals surface area contributed by atoms with Crippen molar-refractivity contribution in [3.05, 3.63) is 44.6 Å². The van der Waals surface area contributed by atoms with Gasteiger partial charge in [0.05, 0.1) is 10.9 Å². The fourth-order valence-corrected chi connectivity index (χ4v) is 4.71. The average Bonchev–Trinajstić information content (AvgIpc) is 3.12. The normalized spacial score (nSPS) is 14.8. The van der Waals surface area contributed by atoms with E-state index in [2.05, 4.69) is 15.7 Å². The maximum absolute atomic E-state index is 13.4. The molecule has 3 aromatic rings. The number of fused-ring (bicyclic) bond motifs is 3. The van der Waals surface area contributed by atoms with Crippen molar-refractivity contribution in [3.8, 4) is 0 Å². The van der Waals surface area contributed by atoms with Crippen molar-refractivity contribution in [2.45, 2.75) is 85.0 Å². The Labute approximate surface area is 203 Å². The maximum atomic E-state index is 13.4. The lowest BCUT2D eigenvalue weighted by Gasteiger charge is -2.22. The molecule has 0 saturated heterocycles. The number of rotatable bonds is 7. The SMILES string of the molecule is CC(C)Cn1c(=O)c2ccc(C(=O)NC3CCCCC3)cc2n2c(=O)n(CC(=O)NC(C)C)nc12. The van der Waals surface area contributed by atoms with Crippen LogP contribution in [-0.2, 0) is 17.9 Å². The van der Waals surface area contributed by atoms with Gasteiger partial charge in [-0.25, -0.2) is 13.9 Å². The largest absolute Gasteiger partial charge is 0.352 e. The summed E-state index contributed by atoms with van der Waals surface area (Å²) in [6.45, 7) is 7.69. The van der Waals surface area contributed by atoms with Crippen molar-refractivity contribution in [1.82, 2.24) is 29.4 Å². The number of hydrogen-bond acceptors (Lipinski definition) is 5. The van der Waals surface area contributed by atoms with Gasteiger partial charge in [-0.3, -0.25) is 19.0 Å². The van der Waals surface area contributed by atoms with Crippen LogP contribution < -0.4 is 21.9 Å². The van der Waals surface area contributed by atoms with Gasteiger partial charge in [0.25, 0.3) is 11.5 Å². The Morgan fingerprint density at radius 2 is 1.80 bits per heavy atom. The van der Waals surface area contributed by atoms with E-state index in [0.29, 0.717) is 23.0 Å². The van der Waals surface area contributed by atoms with Gasteiger partial charge in [0.15, 0.2) is 0 Å². The molecule has 1 aliphatic carbocycles. The second kappa shape index (κ2) is 10.1. The Hall–Kier alpha value is -3.43. The van der Waals surface area contributed by atoms with Gasteiger partial charge in [-0.2, -0.15) is 0 Å². The van der Waals surface area contributed by atoms with Crippen molar-refractivity contribution < 1.29 is 9.59 Å². The maximum Gasteiger partial charge on any atom is 0.352 e. The molecular weight excluding hydrogens is 448 g/mol. The number of nitrogens with zero attached hydrogens (tertiary/aromatic N) is 4. The van der Waals surface area contributed by atoms with Crippen LogP contribution in [0, 0.1) is 5.92 Å². The molecule has 0 aliphatic heterocycles. The number of carbonyl (C=O) groups excluding carboxylic acids is 2. The lowest BCUT2D eigenvalue weighted by molar-refractivity contribution is -0.122. The predicted molar refractivity (Wildman–Crippen MR) is 134 cm³/mol. The third kappa shape index (κ3) is 5.16. The number of aromatic nitrogens is 4. The highest BCUT2D eigenvalue weighted by Gasteiger charge is 2.22. The molecule has 0 spiro atoms. The zero-order valence-electron chi connectivity index (χ0n) is 20.8. The summed E-state index contributed by atoms with van der Waals surface area (Å²) in [5, 5.41) is 10.5. The molecule has 2 heterocycles. The van der Waals surface area contributed by atoms with E-state index in [-0.39, 0.29) is 47.7 Å². The third-order valence-electron chi connectivity index (χ3n) is 6.27. The molecular formula is C25H34N6O4. The third-order valence-corrected chi connectivity index (χ3v) is 6.27. The van der Waals surface area contributed by atoms with Crippen molar-refractivity contribution in [1.29, 1.82) is 0 Å². The summed E-state index contributed by atoms with van der Waals surface area (Å²) in [5.74, 6) is -0.294. The second-order valence-corrected chi connectivity index (χ2v) is 10.1. The summed E-state index contributed by atoms with van der Waals surface area (Å²) in [7, 11) is 0. The van der Waals surface area contributed by atoms with E-state index >= 15 is 0 Å². The van der Waals surface area contributed by atoms with Crippen molar-refractivity contribution >= 4 is 28.5 Å². The second-order valence-electron chi connectivity index (χ2n) is 10.1. The first-order chi connectivity index (χ1) is 16.7. The molecule has 10 nitrogen and oxygen atoms in total. The summed E-state index contributed by atoms with van der Waals surface area (Å²) in [4.78, 5) is 52.1. The van der Waals surface area contributed by atoms with E-state index in [1.807, 2.05) is 27.7 Å². The molecule has 188 valence electrons. The highest BCUT2D eigenvalue weighted by molar-refractivity contribution is 5.98. The lowest BCUT2D eigenvalue weighted by atomic mass is 9.95. The van der Waals surface area contributed by atoms with Crippen LogP contribution in [0.4, 0.5) is 0 Å². The summed E-state index contributed by atoms with van der Waals surface area (Å²) >= 11 is 0. The predicted octanol–water partition coefficient (Wildman–Crippen LogP) is 2.05. The summed E-state index contributed by atoms with van der Waals surface area (Å²) in [5.41, 5.74) is -0.139. The van der Waals surface area contributed by atoms with Gasteiger partial charge < -0.3 is 10.6 Å². The van der Waals surface area contributed by atoms with Crippen LogP contribution in [0.5, 0.6) is 0 Å². The van der Waals surface area contributed by atoms with Crippen LogP contribution in [0.15, 0.2) is 27.8 Å². The Kier molecular flexibility index (Phi) is 7.09. The van der Waals surface area contributed by atoms with Crippen molar-refractivity contribution in [3.63, 3.8) is 0 Å². The van der Waals surface area contributed by atoms with Gasteiger partial charge in [0.2, 0.25) is 11.7 Å². The molecule has 0 unspecified atom stereocenters. The van der Waals surface area contributed by atoms with Crippen LogP contribution in [0.3, 0.4) is 0 Å². The molecule has 4 rings (SSSR count). The molecule has 1 aromatic carbocycles. The topological polar surface area (TPSA) is 120 Å². The minimum absolute atomic E-state index is 0.0829. The van der Waals surface area contributed by atoms with E-state index < -0.39 is 5.69 Å². The monoisotopic (exact) mass is 482 g/mol. The first kappa shape index (κ1) is 24.7. The lowest BCUT2D eigenvalue weighted by Crippen LogP contribution is -2.36. The molecule has 10 heteroatoms. The number of hydrogen-bond donors (Lipinski definition) is 2. The van der Waals surface area contributed by atoms with Gasteiger partial charge in [-0.1, -0.05) is 33.1 Å². The highest BCUT2D eigenvalue weighted by atomic mass is 16.2. The molecule has 2 aromatic heterocycles. The zero-order chi connectivity index (χ0) is 25.3. The van der Waals surface area contributed by atoms with E-state index in [1.165, 1.54) is 15.4 Å². The van der Waals surface area contributed by atoms with Crippen molar-refractivity contribution in [2.75, 3.05) is 0 Å². The van der Waals surface area contributed by atoms with Gasteiger partial charge >= 0.3 is 5.69 Å². The average molecular weight is 483 g/mol. The Balaban J connectivity index is 1.84. The number of nitrogens with one attached hydrogen (secondary N) is 2. The number of carbonyl (C=O) groups is 2. The van der Waals surface area contributed by atoms with Gasteiger partial charge in [-0.15, -0.1) is 5.10 Å². The van der Waals surface area contributed by atoms with Gasteiger partial charge in [0, 0.05) is 24.2 Å². The summed E-state index contributed by atoms with van der Waals surface area (Å²) in [6, 6.07) is 4.85. The first-order valence-electron chi connectivity index (χ1n) is 12.4. The first-order valence-corrected chi connectivity index (χ1v) is 12.4. The zero-order valence-corrected chi connectivity index (χ0v) is 20.8. The van der Waals surface area contributed by atoms with Gasteiger partial charge in [0.1, 0.15) is 6.54 Å². The highest BCUT2D eigenvalue weighted by Crippen LogP contribution is 2.19. The minimum atomic E-state index is -0.536. The minimum Gasteiger partial charge on any atom is -0.352 e. The smallest absolute Gasteiger partial charge is 0.352 e. The van der Waals surface area contributed by atoms with Gasteiger partial charge in [-0.05, 0) is 50.8 Å².